The molecule has 1 rings (SSSR count). The number of hydrogen-bond acceptors (Lipinski definition) is 8. The summed E-state index contributed by atoms with van der Waals surface area (Å²) in [5, 5.41) is 53.7. The molecule has 0 aromatic carbocycles. The molecule has 256 valence electrons. The molecule has 0 radical (unpaired) electrons. The molecule has 1 amide bonds. The fourth-order valence-corrected chi connectivity index (χ4v) is 5.75. The van der Waals surface area contributed by atoms with Crippen LogP contribution in [0.15, 0.2) is 0 Å². The summed E-state index contributed by atoms with van der Waals surface area (Å²) in [6, 6.07) is -0.707. The molecular formula is C34H67NO8. The molecule has 1 aliphatic rings. The van der Waals surface area contributed by atoms with Crippen LogP contribution in [0.1, 0.15) is 155 Å². The second-order valence-corrected chi connectivity index (χ2v) is 12.7. The van der Waals surface area contributed by atoms with Crippen LogP contribution in [0.4, 0.5) is 0 Å². The minimum absolute atomic E-state index is 0.134. The second kappa shape index (κ2) is 26.4. The van der Waals surface area contributed by atoms with Crippen LogP contribution in [-0.4, -0.2) is 87.5 Å². The van der Waals surface area contributed by atoms with Gasteiger partial charge in [0, 0.05) is 6.42 Å². The summed E-state index contributed by atoms with van der Waals surface area (Å²) in [4.78, 5) is 12.7. The van der Waals surface area contributed by atoms with Gasteiger partial charge in [-0.05, 0) is 12.8 Å². The van der Waals surface area contributed by atoms with Crippen molar-refractivity contribution in [1.29, 1.82) is 0 Å². The molecule has 1 saturated heterocycles. The fourth-order valence-electron chi connectivity index (χ4n) is 5.75. The molecule has 0 bridgehead atoms. The molecular weight excluding hydrogens is 550 g/mol. The Morgan fingerprint density at radius 1 is 0.698 bits per heavy atom. The lowest BCUT2D eigenvalue weighted by molar-refractivity contribution is -0.302. The number of rotatable bonds is 28. The maximum Gasteiger partial charge on any atom is 0.220 e. The first-order valence-electron chi connectivity index (χ1n) is 17.7. The van der Waals surface area contributed by atoms with E-state index in [9.17, 15) is 30.3 Å². The van der Waals surface area contributed by atoms with Gasteiger partial charge in [0.05, 0.1) is 25.4 Å². The van der Waals surface area contributed by atoms with Crippen LogP contribution in [0.3, 0.4) is 0 Å². The second-order valence-electron chi connectivity index (χ2n) is 12.7. The van der Waals surface area contributed by atoms with Gasteiger partial charge in [-0.25, -0.2) is 0 Å². The van der Waals surface area contributed by atoms with E-state index >= 15 is 0 Å². The monoisotopic (exact) mass is 617 g/mol. The van der Waals surface area contributed by atoms with Gasteiger partial charge in [-0.2, -0.15) is 0 Å². The van der Waals surface area contributed by atoms with Crippen LogP contribution < -0.4 is 5.32 Å². The van der Waals surface area contributed by atoms with Gasteiger partial charge in [-0.1, -0.05) is 136 Å². The number of unbranched alkanes of at least 4 members (excludes halogenated alkanes) is 18. The Morgan fingerprint density at radius 3 is 1.65 bits per heavy atom. The van der Waals surface area contributed by atoms with Gasteiger partial charge in [-0.15, -0.1) is 0 Å². The third kappa shape index (κ3) is 18.7. The molecule has 7 atom stereocenters. The van der Waals surface area contributed by atoms with Crippen LogP contribution in [0.25, 0.3) is 0 Å². The number of hydrogen-bond donors (Lipinski definition) is 6. The van der Waals surface area contributed by atoms with Gasteiger partial charge in [-0.3, -0.25) is 4.79 Å². The smallest absolute Gasteiger partial charge is 0.220 e. The van der Waals surface area contributed by atoms with E-state index in [1.165, 1.54) is 89.9 Å². The normalized spacial score (nSPS) is 23.7. The van der Waals surface area contributed by atoms with Crippen molar-refractivity contribution in [3.05, 3.63) is 0 Å². The summed E-state index contributed by atoms with van der Waals surface area (Å²) in [6.45, 7) is 3.74. The molecule has 7 unspecified atom stereocenters. The molecule has 0 spiro atoms. The highest BCUT2D eigenvalue weighted by atomic mass is 16.7. The van der Waals surface area contributed by atoms with Gasteiger partial charge in [0.2, 0.25) is 5.91 Å². The maximum atomic E-state index is 12.7. The number of amides is 1. The number of aliphatic hydroxyl groups excluding tert-OH is 5. The summed E-state index contributed by atoms with van der Waals surface area (Å²) in [5.41, 5.74) is 0. The summed E-state index contributed by atoms with van der Waals surface area (Å²) in [7, 11) is 0. The standard InChI is InChI=1S/C34H67NO8/c1-3-5-7-9-11-12-13-14-15-16-17-18-19-21-23-28(37)27(35-30(38)24-22-20-10-8-6-4-2)26-42-34-33(41)32(40)31(39)29(25-36)43-34/h27-29,31-34,36-37,39-41H,3-26H2,1-2H3,(H,35,38). The zero-order valence-electron chi connectivity index (χ0n) is 27.5. The van der Waals surface area contributed by atoms with Gasteiger partial charge in [0.25, 0.3) is 0 Å². The lowest BCUT2D eigenvalue weighted by Crippen LogP contribution is -2.60. The van der Waals surface area contributed by atoms with E-state index in [1.54, 1.807) is 0 Å². The molecule has 43 heavy (non-hydrogen) atoms. The Balaban J connectivity index is 2.41. The van der Waals surface area contributed by atoms with E-state index in [1.807, 2.05) is 0 Å². The molecule has 0 aromatic rings. The van der Waals surface area contributed by atoms with Crippen molar-refractivity contribution in [3.8, 4) is 0 Å². The first-order chi connectivity index (χ1) is 20.8. The first-order valence-corrected chi connectivity index (χ1v) is 17.7. The van der Waals surface area contributed by atoms with E-state index in [0.717, 1.165) is 38.5 Å². The molecule has 0 saturated carbocycles. The van der Waals surface area contributed by atoms with E-state index in [4.69, 9.17) is 9.47 Å². The molecule has 0 aliphatic carbocycles. The van der Waals surface area contributed by atoms with Crippen LogP contribution in [0.2, 0.25) is 0 Å². The Labute approximate surface area is 262 Å². The quantitative estimate of drug-likeness (QED) is 0.0651. The Bertz CT molecular complexity index is 652. The predicted molar refractivity (Wildman–Crippen MR) is 171 cm³/mol. The number of carbonyl (C=O) groups is 1. The minimum Gasteiger partial charge on any atom is -0.394 e. The zero-order valence-corrected chi connectivity index (χ0v) is 27.5. The summed E-state index contributed by atoms with van der Waals surface area (Å²) in [6.07, 6.45) is 17.1. The maximum absolute atomic E-state index is 12.7. The van der Waals surface area contributed by atoms with Crippen LogP contribution >= 0.6 is 0 Å². The minimum atomic E-state index is -1.54. The number of ether oxygens (including phenoxy) is 2. The molecule has 1 fully saturated rings. The summed E-state index contributed by atoms with van der Waals surface area (Å²) < 4.78 is 11.1. The number of nitrogens with one attached hydrogen (secondary N) is 1. The Kier molecular flexibility index (Phi) is 24.7. The van der Waals surface area contributed by atoms with Crippen LogP contribution in [-0.2, 0) is 14.3 Å². The summed E-state index contributed by atoms with van der Waals surface area (Å²) >= 11 is 0. The van der Waals surface area contributed by atoms with Crippen molar-refractivity contribution in [2.75, 3.05) is 13.2 Å². The lowest BCUT2D eigenvalue weighted by Gasteiger charge is -2.40. The van der Waals surface area contributed by atoms with Gasteiger partial charge in [0.1, 0.15) is 24.4 Å². The predicted octanol–water partition coefficient (Wildman–Crippen LogP) is 5.27. The van der Waals surface area contributed by atoms with Crippen molar-refractivity contribution in [3.63, 3.8) is 0 Å². The highest BCUT2D eigenvalue weighted by Crippen LogP contribution is 2.23. The van der Waals surface area contributed by atoms with Crippen LogP contribution in [0, 0.1) is 0 Å². The largest absolute Gasteiger partial charge is 0.394 e. The van der Waals surface area contributed by atoms with Crippen LogP contribution in [0.5, 0.6) is 0 Å². The highest BCUT2D eigenvalue weighted by Gasteiger charge is 2.44. The molecule has 1 aliphatic heterocycles. The van der Waals surface area contributed by atoms with Crippen molar-refractivity contribution >= 4 is 5.91 Å². The van der Waals surface area contributed by atoms with Gasteiger partial charge >= 0.3 is 0 Å². The molecule has 9 heteroatoms. The Morgan fingerprint density at radius 2 is 1.16 bits per heavy atom. The highest BCUT2D eigenvalue weighted by molar-refractivity contribution is 5.76. The van der Waals surface area contributed by atoms with Gasteiger partial charge < -0.3 is 40.3 Å². The van der Waals surface area contributed by atoms with E-state index in [0.29, 0.717) is 12.8 Å². The first kappa shape index (κ1) is 40.2. The zero-order chi connectivity index (χ0) is 31.7. The lowest BCUT2D eigenvalue weighted by atomic mass is 9.99. The SMILES string of the molecule is CCCCCCCCCCCCCCCCC(O)C(COC1OC(CO)C(O)C(O)C1O)NC(=O)CCCCCCCC. The average molecular weight is 618 g/mol. The topological polar surface area (TPSA) is 149 Å². The molecule has 1 heterocycles. The van der Waals surface area contributed by atoms with Crippen molar-refractivity contribution < 1.29 is 39.8 Å². The van der Waals surface area contributed by atoms with Crippen molar-refractivity contribution in [2.45, 2.75) is 198 Å². The fraction of sp³-hybridized carbons (Fsp3) is 0.971. The van der Waals surface area contributed by atoms with E-state index in [2.05, 4.69) is 19.2 Å². The number of carbonyl (C=O) groups excluding carboxylic acids is 1. The molecule has 0 aromatic heterocycles. The van der Waals surface area contributed by atoms with Gasteiger partial charge in [0.15, 0.2) is 6.29 Å². The summed E-state index contributed by atoms with van der Waals surface area (Å²) in [5.74, 6) is -0.155. The molecule has 6 N–H and O–H groups in total. The van der Waals surface area contributed by atoms with Crippen molar-refractivity contribution in [2.24, 2.45) is 0 Å². The van der Waals surface area contributed by atoms with E-state index in [-0.39, 0.29) is 12.5 Å². The third-order valence-corrected chi connectivity index (χ3v) is 8.71. The van der Waals surface area contributed by atoms with E-state index < -0.39 is 49.5 Å². The third-order valence-electron chi connectivity index (χ3n) is 8.71. The Hall–Kier alpha value is -0.810. The average Bonchev–Trinajstić information content (AvgIpc) is 3.00. The van der Waals surface area contributed by atoms with Crippen molar-refractivity contribution in [1.82, 2.24) is 5.32 Å². The number of aliphatic hydroxyl groups is 5. The molecule has 9 nitrogen and oxygen atoms in total.